The van der Waals surface area contributed by atoms with E-state index in [0.29, 0.717) is 16.3 Å². The van der Waals surface area contributed by atoms with Crippen molar-refractivity contribution in [3.63, 3.8) is 0 Å². The topological polar surface area (TPSA) is 80.1 Å². The normalized spacial score (nSPS) is 14.4. The van der Waals surface area contributed by atoms with Crippen LogP contribution in [0.3, 0.4) is 0 Å². The molecule has 1 unspecified atom stereocenters. The third-order valence-corrected chi connectivity index (χ3v) is 6.31. The molecule has 1 fully saturated rings. The zero-order chi connectivity index (χ0) is 21.6. The van der Waals surface area contributed by atoms with Crippen LogP contribution in [0.15, 0.2) is 66.3 Å². The van der Waals surface area contributed by atoms with Gasteiger partial charge >= 0.3 is 0 Å². The Morgan fingerprint density at radius 2 is 1.90 bits per heavy atom. The number of benzene rings is 1. The second-order valence-electron chi connectivity index (χ2n) is 7.53. The Hall–Kier alpha value is -3.13. The summed E-state index contributed by atoms with van der Waals surface area (Å²) in [6, 6.07) is 11.2. The number of carbonyl (C=O) groups is 2. The van der Waals surface area contributed by atoms with E-state index in [9.17, 15) is 9.59 Å². The molecule has 31 heavy (non-hydrogen) atoms. The van der Waals surface area contributed by atoms with Gasteiger partial charge in [-0.05, 0) is 49.6 Å². The average molecular weight is 436 g/mol. The van der Waals surface area contributed by atoms with Crippen molar-refractivity contribution in [3.05, 3.63) is 72.4 Å². The first-order valence-electron chi connectivity index (χ1n) is 10.4. The van der Waals surface area contributed by atoms with Gasteiger partial charge in [-0.15, -0.1) is 0 Å². The summed E-state index contributed by atoms with van der Waals surface area (Å²) >= 11 is 1.34. The maximum absolute atomic E-state index is 12.9. The lowest BCUT2D eigenvalue weighted by atomic mass is 10.2. The highest BCUT2D eigenvalue weighted by Crippen LogP contribution is 2.27. The molecule has 1 N–H and O–H groups in total. The number of imidazole rings is 1. The molecule has 160 valence electrons. The molecule has 3 aromatic rings. The average Bonchev–Trinajstić information content (AvgIpc) is 3.49. The molecule has 1 atom stereocenters. The molecule has 3 heterocycles. The molecular formula is C23H25N5O2S. The van der Waals surface area contributed by atoms with Gasteiger partial charge in [0.15, 0.2) is 0 Å². The number of aromatic nitrogens is 3. The van der Waals surface area contributed by atoms with Gasteiger partial charge in [-0.25, -0.2) is 9.97 Å². The van der Waals surface area contributed by atoms with E-state index in [1.165, 1.54) is 11.8 Å². The van der Waals surface area contributed by atoms with Crippen LogP contribution < -0.4 is 5.32 Å². The second-order valence-corrected chi connectivity index (χ2v) is 8.86. The molecule has 0 radical (unpaired) electrons. The van der Waals surface area contributed by atoms with Gasteiger partial charge < -0.3 is 14.8 Å². The van der Waals surface area contributed by atoms with E-state index in [0.717, 1.165) is 38.0 Å². The number of pyridine rings is 1. The van der Waals surface area contributed by atoms with E-state index in [1.54, 1.807) is 30.9 Å². The predicted molar refractivity (Wildman–Crippen MR) is 121 cm³/mol. The minimum absolute atomic E-state index is 0.105. The Labute approximate surface area is 185 Å². The van der Waals surface area contributed by atoms with Crippen LogP contribution in [0.1, 0.15) is 35.7 Å². The summed E-state index contributed by atoms with van der Waals surface area (Å²) in [7, 11) is 0. The van der Waals surface area contributed by atoms with Crippen LogP contribution in [-0.2, 0) is 11.3 Å². The first-order valence-corrected chi connectivity index (χ1v) is 11.2. The van der Waals surface area contributed by atoms with E-state index < -0.39 is 0 Å². The highest BCUT2D eigenvalue weighted by atomic mass is 32.2. The van der Waals surface area contributed by atoms with Crippen LogP contribution >= 0.6 is 11.8 Å². The van der Waals surface area contributed by atoms with Gasteiger partial charge in [-0.2, -0.15) is 0 Å². The molecule has 1 aliphatic heterocycles. The summed E-state index contributed by atoms with van der Waals surface area (Å²) in [6.07, 6.45) is 9.19. The van der Waals surface area contributed by atoms with Crippen molar-refractivity contribution in [3.8, 4) is 0 Å². The number of carbonyl (C=O) groups excluding carboxylic acids is 2. The molecule has 7 nitrogen and oxygen atoms in total. The lowest BCUT2D eigenvalue weighted by Gasteiger charge is -2.20. The van der Waals surface area contributed by atoms with Gasteiger partial charge in [0.1, 0.15) is 5.03 Å². The van der Waals surface area contributed by atoms with Gasteiger partial charge in [-0.1, -0.05) is 23.9 Å². The number of likely N-dealkylation sites (tertiary alicyclic amines) is 1. The van der Waals surface area contributed by atoms with Gasteiger partial charge in [0.05, 0.1) is 17.1 Å². The fourth-order valence-corrected chi connectivity index (χ4v) is 4.55. The minimum Gasteiger partial charge on any atom is -0.342 e. The molecule has 1 saturated heterocycles. The van der Waals surface area contributed by atoms with E-state index in [2.05, 4.69) is 15.3 Å². The number of rotatable bonds is 7. The smallest absolute Gasteiger partial charge is 0.258 e. The zero-order valence-electron chi connectivity index (χ0n) is 17.4. The summed E-state index contributed by atoms with van der Waals surface area (Å²) in [5, 5.41) is 3.21. The van der Waals surface area contributed by atoms with Crippen LogP contribution in [0.4, 0.5) is 5.69 Å². The van der Waals surface area contributed by atoms with Crippen LogP contribution in [0.25, 0.3) is 0 Å². The molecule has 2 aromatic heterocycles. The van der Waals surface area contributed by atoms with Gasteiger partial charge in [0, 0.05) is 43.9 Å². The number of nitrogens with one attached hydrogen (secondary N) is 1. The predicted octanol–water partition coefficient (Wildman–Crippen LogP) is 3.68. The largest absolute Gasteiger partial charge is 0.342 e. The molecule has 4 rings (SSSR count). The number of thioether (sulfide) groups is 1. The Morgan fingerprint density at radius 1 is 1.13 bits per heavy atom. The van der Waals surface area contributed by atoms with Crippen LogP contribution in [0.2, 0.25) is 0 Å². The molecule has 0 saturated carbocycles. The Balaban J connectivity index is 1.41. The van der Waals surface area contributed by atoms with E-state index in [4.69, 9.17) is 0 Å². The fourth-order valence-electron chi connectivity index (χ4n) is 3.55. The summed E-state index contributed by atoms with van der Waals surface area (Å²) in [5.74, 6) is -0.133. The molecule has 1 aliphatic rings. The number of anilines is 1. The second kappa shape index (κ2) is 9.78. The standard InChI is InChI=1S/C23H25N5O2S/c1-17(23(30)28-12-2-3-13-28)31-22-20(5-4-10-25-22)21(29)26-19-8-6-18(7-9-19)15-27-14-11-24-16-27/h4-11,14,16-17H,2-3,12-13,15H2,1H3,(H,26,29). The molecule has 0 spiro atoms. The van der Waals surface area contributed by atoms with Crippen molar-refractivity contribution in [1.82, 2.24) is 19.4 Å². The Kier molecular flexibility index (Phi) is 6.66. The van der Waals surface area contributed by atoms with Crippen molar-refractivity contribution in [1.29, 1.82) is 0 Å². The van der Waals surface area contributed by atoms with E-state index in [-0.39, 0.29) is 17.1 Å². The zero-order valence-corrected chi connectivity index (χ0v) is 18.2. The van der Waals surface area contributed by atoms with Crippen molar-refractivity contribution in [2.75, 3.05) is 18.4 Å². The number of hydrogen-bond acceptors (Lipinski definition) is 5. The van der Waals surface area contributed by atoms with Crippen LogP contribution in [0.5, 0.6) is 0 Å². The van der Waals surface area contributed by atoms with Crippen molar-refractivity contribution >= 4 is 29.3 Å². The summed E-state index contributed by atoms with van der Waals surface area (Å²) in [5.41, 5.74) is 2.29. The Bertz CT molecular complexity index is 1030. The first-order chi connectivity index (χ1) is 15.1. The monoisotopic (exact) mass is 435 g/mol. The molecule has 0 aliphatic carbocycles. The third-order valence-electron chi connectivity index (χ3n) is 5.21. The van der Waals surface area contributed by atoms with Crippen LogP contribution in [0, 0.1) is 0 Å². The summed E-state index contributed by atoms with van der Waals surface area (Å²) in [4.78, 5) is 35.9. The van der Waals surface area contributed by atoms with E-state index in [1.807, 2.05) is 46.9 Å². The molecule has 2 amide bonds. The first kappa shape index (κ1) is 21.1. The van der Waals surface area contributed by atoms with Crippen molar-refractivity contribution in [2.24, 2.45) is 0 Å². The summed E-state index contributed by atoms with van der Waals surface area (Å²) < 4.78 is 1.98. The summed E-state index contributed by atoms with van der Waals surface area (Å²) in [6.45, 7) is 4.23. The lowest BCUT2D eigenvalue weighted by Crippen LogP contribution is -2.34. The van der Waals surface area contributed by atoms with Gasteiger partial charge in [0.2, 0.25) is 5.91 Å². The van der Waals surface area contributed by atoms with Crippen LogP contribution in [-0.4, -0.2) is 49.6 Å². The Morgan fingerprint density at radius 3 is 2.61 bits per heavy atom. The molecule has 1 aromatic carbocycles. The van der Waals surface area contributed by atoms with Gasteiger partial charge in [0.25, 0.3) is 5.91 Å². The molecule has 0 bridgehead atoms. The third kappa shape index (κ3) is 5.32. The fraction of sp³-hybridized carbons (Fsp3) is 0.304. The number of nitrogens with zero attached hydrogens (tertiary/aromatic N) is 4. The molecular weight excluding hydrogens is 410 g/mol. The maximum atomic E-state index is 12.9. The quantitative estimate of drug-likeness (QED) is 0.573. The number of hydrogen-bond donors (Lipinski definition) is 1. The highest BCUT2D eigenvalue weighted by Gasteiger charge is 2.25. The lowest BCUT2D eigenvalue weighted by molar-refractivity contribution is -0.129. The van der Waals surface area contributed by atoms with E-state index >= 15 is 0 Å². The van der Waals surface area contributed by atoms with Crippen molar-refractivity contribution in [2.45, 2.75) is 36.6 Å². The number of amides is 2. The van der Waals surface area contributed by atoms with Crippen molar-refractivity contribution < 1.29 is 9.59 Å². The highest BCUT2D eigenvalue weighted by molar-refractivity contribution is 8.00. The minimum atomic E-state index is -0.290. The SMILES string of the molecule is CC(Sc1ncccc1C(=O)Nc1ccc(Cn2ccnc2)cc1)C(=O)N1CCCC1. The van der Waals surface area contributed by atoms with Gasteiger partial charge in [-0.3, -0.25) is 9.59 Å². The maximum Gasteiger partial charge on any atom is 0.258 e. The molecule has 8 heteroatoms.